The molecule has 12 heavy (non-hydrogen) atoms. The Morgan fingerprint density at radius 3 is 2.75 bits per heavy atom. The molecule has 0 spiro atoms. The fourth-order valence-electron chi connectivity index (χ4n) is 0.918. The van der Waals surface area contributed by atoms with Gasteiger partial charge >= 0.3 is 0 Å². The third-order valence-corrected chi connectivity index (χ3v) is 1.42. The molecule has 0 bridgehead atoms. The maximum atomic E-state index is 12.8. The van der Waals surface area contributed by atoms with Gasteiger partial charge in [-0.05, 0) is 17.7 Å². The zero-order valence-corrected chi connectivity index (χ0v) is 6.71. The Hall–Kier alpha value is -1.13. The summed E-state index contributed by atoms with van der Waals surface area (Å²) in [6, 6.07) is 4.30. The Balaban J connectivity index is 2.90. The van der Waals surface area contributed by atoms with Gasteiger partial charge in [-0.25, -0.2) is 10.3 Å². The largest absolute Gasteiger partial charge is 0.497 e. The zero-order valence-electron chi connectivity index (χ0n) is 6.71. The Bertz CT molecular complexity index is 265. The number of benzene rings is 1. The van der Waals surface area contributed by atoms with Gasteiger partial charge in [0.05, 0.1) is 13.7 Å². The van der Waals surface area contributed by atoms with Gasteiger partial charge in [-0.15, -0.1) is 0 Å². The quantitative estimate of drug-likeness (QED) is 0.695. The van der Waals surface area contributed by atoms with E-state index in [1.54, 1.807) is 6.07 Å². The second-order valence-corrected chi connectivity index (χ2v) is 2.31. The maximum absolute atomic E-state index is 12.8. The predicted octanol–water partition coefficient (Wildman–Crippen LogP) is 1.22. The van der Waals surface area contributed by atoms with Crippen LogP contribution in [-0.2, 0) is 11.4 Å². The van der Waals surface area contributed by atoms with E-state index in [1.807, 2.05) is 0 Å². The molecule has 4 heteroatoms. The molecule has 0 radical (unpaired) electrons. The van der Waals surface area contributed by atoms with E-state index in [1.165, 1.54) is 19.2 Å². The number of hydrogen-bond acceptors (Lipinski definition) is 3. The Morgan fingerprint density at radius 1 is 1.42 bits per heavy atom. The number of halogens is 1. The molecule has 2 N–H and O–H groups in total. The van der Waals surface area contributed by atoms with Crippen molar-refractivity contribution in [2.45, 2.75) is 6.61 Å². The van der Waals surface area contributed by atoms with Crippen LogP contribution in [0.4, 0.5) is 4.39 Å². The molecule has 0 amide bonds. The summed E-state index contributed by atoms with van der Waals surface area (Å²) in [7, 11) is 1.47. The molecule has 1 aromatic carbocycles. The molecule has 0 aliphatic rings. The van der Waals surface area contributed by atoms with E-state index < -0.39 is 0 Å². The van der Waals surface area contributed by atoms with Gasteiger partial charge in [0.1, 0.15) is 11.6 Å². The van der Waals surface area contributed by atoms with Crippen LogP contribution >= 0.6 is 0 Å². The van der Waals surface area contributed by atoms with E-state index in [9.17, 15) is 4.39 Å². The van der Waals surface area contributed by atoms with Crippen molar-refractivity contribution >= 4 is 0 Å². The highest BCUT2D eigenvalue weighted by Crippen LogP contribution is 2.15. The van der Waals surface area contributed by atoms with Gasteiger partial charge < -0.3 is 4.74 Å². The first kappa shape index (κ1) is 8.96. The highest BCUT2D eigenvalue weighted by atomic mass is 19.1. The Morgan fingerprint density at radius 2 is 2.17 bits per heavy atom. The molecule has 0 aliphatic carbocycles. The lowest BCUT2D eigenvalue weighted by molar-refractivity contribution is 0.123. The topological polar surface area (TPSA) is 44.5 Å². The molecular formula is C8H10FNO2. The summed E-state index contributed by atoms with van der Waals surface area (Å²) < 4.78 is 17.6. The molecular weight excluding hydrogens is 161 g/mol. The van der Waals surface area contributed by atoms with E-state index in [0.717, 1.165) is 0 Å². The van der Waals surface area contributed by atoms with Crippen molar-refractivity contribution in [2.24, 2.45) is 5.90 Å². The summed E-state index contributed by atoms with van der Waals surface area (Å²) in [5.74, 6) is 4.94. The second kappa shape index (κ2) is 4.04. The van der Waals surface area contributed by atoms with Crippen molar-refractivity contribution in [3.8, 4) is 5.75 Å². The molecule has 0 aromatic heterocycles. The van der Waals surface area contributed by atoms with E-state index in [0.29, 0.717) is 11.3 Å². The first-order valence-electron chi connectivity index (χ1n) is 3.41. The standard InChI is InChI=1S/C8H10FNO2/c1-11-8-3-6(5-12-10)2-7(9)4-8/h2-4H,5,10H2,1H3. The highest BCUT2D eigenvalue weighted by Gasteiger charge is 1.99. The Kier molecular flexibility index (Phi) is 3.01. The van der Waals surface area contributed by atoms with Gasteiger partial charge in [-0.2, -0.15) is 0 Å². The van der Waals surface area contributed by atoms with Crippen molar-refractivity contribution in [2.75, 3.05) is 7.11 Å². The Labute approximate surface area is 69.8 Å². The molecule has 0 heterocycles. The van der Waals surface area contributed by atoms with Gasteiger partial charge in [-0.1, -0.05) is 0 Å². The SMILES string of the molecule is COc1cc(F)cc(CON)c1. The second-order valence-electron chi connectivity index (χ2n) is 2.31. The van der Waals surface area contributed by atoms with Crippen molar-refractivity contribution in [3.05, 3.63) is 29.6 Å². The van der Waals surface area contributed by atoms with Crippen LogP contribution < -0.4 is 10.6 Å². The number of rotatable bonds is 3. The predicted molar refractivity (Wildman–Crippen MR) is 41.9 cm³/mol. The summed E-state index contributed by atoms with van der Waals surface area (Å²) in [4.78, 5) is 4.36. The number of hydrogen-bond donors (Lipinski definition) is 1. The first-order valence-corrected chi connectivity index (χ1v) is 3.41. The van der Waals surface area contributed by atoms with Crippen LogP contribution in [0.25, 0.3) is 0 Å². The van der Waals surface area contributed by atoms with Gasteiger partial charge in [0.25, 0.3) is 0 Å². The normalized spacial score (nSPS) is 9.92. The summed E-state index contributed by atoms with van der Waals surface area (Å²) in [6.07, 6.45) is 0. The van der Waals surface area contributed by atoms with Crippen LogP contribution in [-0.4, -0.2) is 7.11 Å². The third-order valence-electron chi connectivity index (χ3n) is 1.42. The lowest BCUT2D eigenvalue weighted by atomic mass is 10.2. The number of nitrogens with two attached hydrogens (primary N) is 1. The van der Waals surface area contributed by atoms with Crippen LogP contribution in [0.1, 0.15) is 5.56 Å². The van der Waals surface area contributed by atoms with Crippen LogP contribution in [0.15, 0.2) is 18.2 Å². The van der Waals surface area contributed by atoms with Gasteiger partial charge in [-0.3, -0.25) is 4.84 Å². The van der Waals surface area contributed by atoms with Crippen LogP contribution in [0.2, 0.25) is 0 Å². The highest BCUT2D eigenvalue weighted by molar-refractivity contribution is 5.29. The zero-order chi connectivity index (χ0) is 8.97. The molecule has 0 unspecified atom stereocenters. The molecule has 3 nitrogen and oxygen atoms in total. The molecule has 0 saturated heterocycles. The van der Waals surface area contributed by atoms with Gasteiger partial charge in [0.2, 0.25) is 0 Å². The van der Waals surface area contributed by atoms with Gasteiger partial charge in [0.15, 0.2) is 0 Å². The summed E-state index contributed by atoms with van der Waals surface area (Å²) >= 11 is 0. The minimum atomic E-state index is -0.360. The molecule has 0 saturated carbocycles. The van der Waals surface area contributed by atoms with Crippen LogP contribution in [0, 0.1) is 5.82 Å². The van der Waals surface area contributed by atoms with Crippen molar-refractivity contribution in [1.29, 1.82) is 0 Å². The molecule has 0 atom stereocenters. The van der Waals surface area contributed by atoms with Gasteiger partial charge in [0, 0.05) is 6.07 Å². The summed E-state index contributed by atoms with van der Waals surface area (Å²) in [5.41, 5.74) is 0.648. The summed E-state index contributed by atoms with van der Waals surface area (Å²) in [5, 5.41) is 0. The van der Waals surface area contributed by atoms with Crippen LogP contribution in [0.3, 0.4) is 0 Å². The molecule has 1 aromatic rings. The summed E-state index contributed by atoms with van der Waals surface area (Å²) in [6.45, 7) is 0.175. The smallest absolute Gasteiger partial charge is 0.127 e. The average Bonchev–Trinajstić information content (AvgIpc) is 2.04. The number of methoxy groups -OCH3 is 1. The molecule has 66 valence electrons. The lowest BCUT2D eigenvalue weighted by Gasteiger charge is -2.03. The molecule has 0 fully saturated rings. The van der Waals surface area contributed by atoms with Crippen LogP contribution in [0.5, 0.6) is 5.75 Å². The van der Waals surface area contributed by atoms with Crippen molar-refractivity contribution < 1.29 is 14.0 Å². The maximum Gasteiger partial charge on any atom is 0.127 e. The minimum Gasteiger partial charge on any atom is -0.497 e. The fourth-order valence-corrected chi connectivity index (χ4v) is 0.918. The van der Waals surface area contributed by atoms with E-state index in [-0.39, 0.29) is 12.4 Å². The number of ether oxygens (including phenoxy) is 1. The minimum absolute atomic E-state index is 0.175. The average molecular weight is 171 g/mol. The molecule has 0 aliphatic heterocycles. The third kappa shape index (κ3) is 2.18. The van der Waals surface area contributed by atoms with Crippen molar-refractivity contribution in [1.82, 2.24) is 0 Å². The van der Waals surface area contributed by atoms with E-state index >= 15 is 0 Å². The monoisotopic (exact) mass is 171 g/mol. The molecule has 1 rings (SSSR count). The van der Waals surface area contributed by atoms with Crippen molar-refractivity contribution in [3.63, 3.8) is 0 Å². The van der Waals surface area contributed by atoms with E-state index in [4.69, 9.17) is 10.6 Å². The van der Waals surface area contributed by atoms with E-state index in [2.05, 4.69) is 4.84 Å². The first-order chi connectivity index (χ1) is 5.76. The lowest BCUT2D eigenvalue weighted by Crippen LogP contribution is -1.99. The fraction of sp³-hybridized carbons (Fsp3) is 0.250.